The van der Waals surface area contributed by atoms with Crippen molar-refractivity contribution in [1.82, 2.24) is 14.7 Å². The van der Waals surface area contributed by atoms with Crippen molar-refractivity contribution in [3.05, 3.63) is 45.7 Å². The monoisotopic (exact) mass is 341 g/mol. The first-order valence-electron chi connectivity index (χ1n) is 8.34. The molecule has 124 valence electrons. The number of carbonyl (C=O) groups is 1. The maximum Gasteiger partial charge on any atom is 0.275 e. The van der Waals surface area contributed by atoms with Crippen molar-refractivity contribution in [2.24, 2.45) is 5.92 Å². The summed E-state index contributed by atoms with van der Waals surface area (Å²) in [5.41, 5.74) is 1.41. The predicted octanol–water partition coefficient (Wildman–Crippen LogP) is 3.22. The molecular weight excluding hydrogens is 322 g/mol. The van der Waals surface area contributed by atoms with Crippen molar-refractivity contribution >= 4 is 33.1 Å². The van der Waals surface area contributed by atoms with Crippen LogP contribution in [0.5, 0.6) is 0 Å². The van der Waals surface area contributed by atoms with Crippen molar-refractivity contribution < 1.29 is 4.79 Å². The molecule has 0 bridgehead atoms. The van der Waals surface area contributed by atoms with Crippen LogP contribution in [0.2, 0.25) is 0 Å². The Morgan fingerprint density at radius 1 is 1.33 bits per heavy atom. The Balaban J connectivity index is 1.77. The fraction of sp³-hybridized carbons (Fsp3) is 0.389. The number of aromatic nitrogens is 2. The predicted molar refractivity (Wildman–Crippen MR) is 95.7 cm³/mol. The van der Waals surface area contributed by atoms with Gasteiger partial charge in [0.25, 0.3) is 11.5 Å². The van der Waals surface area contributed by atoms with Crippen molar-refractivity contribution in [2.45, 2.75) is 38.6 Å². The van der Waals surface area contributed by atoms with Crippen LogP contribution in [-0.4, -0.2) is 21.3 Å². The van der Waals surface area contributed by atoms with Crippen LogP contribution in [0.15, 0.2) is 34.6 Å². The van der Waals surface area contributed by atoms with E-state index < -0.39 is 0 Å². The first-order chi connectivity index (χ1) is 11.6. The Labute approximate surface area is 143 Å². The van der Waals surface area contributed by atoms with E-state index >= 15 is 0 Å². The van der Waals surface area contributed by atoms with Crippen molar-refractivity contribution in [3.63, 3.8) is 0 Å². The number of hydrogen-bond donors (Lipinski definition) is 1. The second-order valence-electron chi connectivity index (χ2n) is 6.51. The zero-order valence-corrected chi connectivity index (χ0v) is 14.3. The molecule has 3 heterocycles. The molecule has 4 rings (SSSR count). The van der Waals surface area contributed by atoms with Gasteiger partial charge in [-0.25, -0.2) is 4.98 Å². The van der Waals surface area contributed by atoms with Gasteiger partial charge in [0.2, 0.25) is 0 Å². The maximum atomic E-state index is 12.8. The topological polar surface area (TPSA) is 63.5 Å². The minimum absolute atomic E-state index is 0.120. The van der Waals surface area contributed by atoms with Gasteiger partial charge in [0, 0.05) is 12.2 Å². The SMILES string of the molecule is C[C@H]1CCCC[C@@H]1NC(=O)c1cccn2c(=O)c3sccc3nc12. The molecule has 1 amide bonds. The van der Waals surface area contributed by atoms with E-state index in [1.54, 1.807) is 18.3 Å². The summed E-state index contributed by atoms with van der Waals surface area (Å²) < 4.78 is 2.09. The van der Waals surface area contributed by atoms with Crippen LogP contribution in [0.4, 0.5) is 0 Å². The van der Waals surface area contributed by atoms with Gasteiger partial charge in [-0.1, -0.05) is 19.8 Å². The van der Waals surface area contributed by atoms with Gasteiger partial charge in [0.1, 0.15) is 4.70 Å². The molecule has 1 aliphatic carbocycles. The molecule has 0 aromatic carbocycles. The average molecular weight is 341 g/mol. The van der Waals surface area contributed by atoms with Crippen LogP contribution in [0.3, 0.4) is 0 Å². The summed E-state index contributed by atoms with van der Waals surface area (Å²) in [6.45, 7) is 2.19. The minimum atomic E-state index is -0.145. The highest BCUT2D eigenvalue weighted by Gasteiger charge is 2.24. The van der Waals surface area contributed by atoms with Gasteiger partial charge in [-0.3, -0.25) is 14.0 Å². The zero-order chi connectivity index (χ0) is 16.7. The third-order valence-electron chi connectivity index (χ3n) is 4.92. The third kappa shape index (κ3) is 2.51. The molecule has 1 aliphatic rings. The van der Waals surface area contributed by atoms with E-state index in [9.17, 15) is 9.59 Å². The average Bonchev–Trinajstić information content (AvgIpc) is 3.05. The van der Waals surface area contributed by atoms with Crippen LogP contribution in [-0.2, 0) is 0 Å². The third-order valence-corrected chi connectivity index (χ3v) is 5.82. The van der Waals surface area contributed by atoms with E-state index in [1.807, 2.05) is 11.4 Å². The first-order valence-corrected chi connectivity index (χ1v) is 9.22. The van der Waals surface area contributed by atoms with Gasteiger partial charge in [-0.15, -0.1) is 11.3 Å². The quantitative estimate of drug-likeness (QED) is 0.778. The van der Waals surface area contributed by atoms with Crippen LogP contribution in [0.1, 0.15) is 43.0 Å². The molecular formula is C18H19N3O2S. The van der Waals surface area contributed by atoms with E-state index in [0.29, 0.717) is 27.3 Å². The molecule has 3 aromatic heterocycles. The van der Waals surface area contributed by atoms with E-state index in [-0.39, 0.29) is 17.5 Å². The summed E-state index contributed by atoms with van der Waals surface area (Å²) in [6.07, 6.45) is 6.21. The molecule has 1 N–H and O–H groups in total. The van der Waals surface area contributed by atoms with Crippen molar-refractivity contribution in [2.75, 3.05) is 0 Å². The largest absolute Gasteiger partial charge is 0.349 e. The lowest BCUT2D eigenvalue weighted by molar-refractivity contribution is 0.0911. The van der Waals surface area contributed by atoms with Gasteiger partial charge in [0.15, 0.2) is 5.65 Å². The number of nitrogens with zero attached hydrogens (tertiary/aromatic N) is 2. The zero-order valence-electron chi connectivity index (χ0n) is 13.5. The summed E-state index contributed by atoms with van der Waals surface area (Å²) in [4.78, 5) is 29.9. The Hall–Kier alpha value is -2.21. The van der Waals surface area contributed by atoms with Gasteiger partial charge in [-0.05, 0) is 42.3 Å². The Bertz CT molecular complexity index is 975. The standard InChI is InChI=1S/C18H19N3O2S/c1-11-5-2-3-7-13(11)20-17(22)12-6-4-9-21-16(12)19-14-8-10-24-15(14)18(21)23/h4,6,8-11,13H,2-3,5,7H2,1H3,(H,20,22)/t11-,13-/m0/s1. The Morgan fingerprint density at radius 3 is 3.00 bits per heavy atom. The number of pyridine rings is 1. The van der Waals surface area contributed by atoms with Crippen molar-refractivity contribution in [3.8, 4) is 0 Å². The number of carbonyl (C=O) groups excluding carboxylic acids is 1. The van der Waals surface area contributed by atoms with Gasteiger partial charge < -0.3 is 5.32 Å². The summed E-state index contributed by atoms with van der Waals surface area (Å²) in [7, 11) is 0. The van der Waals surface area contributed by atoms with Crippen LogP contribution in [0, 0.1) is 5.92 Å². The first kappa shape index (κ1) is 15.3. The molecule has 1 saturated carbocycles. The Morgan fingerprint density at radius 2 is 2.17 bits per heavy atom. The highest BCUT2D eigenvalue weighted by atomic mass is 32.1. The fourth-order valence-corrected chi connectivity index (χ4v) is 4.27. The van der Waals surface area contributed by atoms with Crippen LogP contribution < -0.4 is 10.9 Å². The molecule has 3 aromatic rings. The molecule has 24 heavy (non-hydrogen) atoms. The lowest BCUT2D eigenvalue weighted by Gasteiger charge is -2.29. The number of nitrogens with one attached hydrogen (secondary N) is 1. The van der Waals surface area contributed by atoms with Gasteiger partial charge >= 0.3 is 0 Å². The van der Waals surface area contributed by atoms with Gasteiger partial charge in [-0.2, -0.15) is 0 Å². The highest BCUT2D eigenvalue weighted by Crippen LogP contribution is 2.24. The number of rotatable bonds is 2. The van der Waals surface area contributed by atoms with Crippen LogP contribution >= 0.6 is 11.3 Å². The molecule has 0 aliphatic heterocycles. The molecule has 0 unspecified atom stereocenters. The fourth-order valence-electron chi connectivity index (χ4n) is 3.51. The second kappa shape index (κ2) is 6.02. The number of amides is 1. The minimum Gasteiger partial charge on any atom is -0.349 e. The number of fused-ring (bicyclic) bond motifs is 2. The molecule has 0 spiro atoms. The Kier molecular flexibility index (Phi) is 3.84. The summed E-state index contributed by atoms with van der Waals surface area (Å²) in [5, 5.41) is 5.00. The lowest BCUT2D eigenvalue weighted by Crippen LogP contribution is -2.41. The van der Waals surface area contributed by atoms with Gasteiger partial charge in [0.05, 0.1) is 11.1 Å². The maximum absolute atomic E-state index is 12.8. The molecule has 5 nitrogen and oxygen atoms in total. The molecule has 0 saturated heterocycles. The molecule has 6 heteroatoms. The molecule has 2 atom stereocenters. The second-order valence-corrected chi connectivity index (χ2v) is 7.43. The van der Waals surface area contributed by atoms with E-state index in [2.05, 4.69) is 17.2 Å². The van der Waals surface area contributed by atoms with E-state index in [1.165, 1.54) is 22.2 Å². The smallest absolute Gasteiger partial charge is 0.275 e. The van der Waals surface area contributed by atoms with Crippen molar-refractivity contribution in [1.29, 1.82) is 0 Å². The van der Waals surface area contributed by atoms with Crippen LogP contribution in [0.25, 0.3) is 15.9 Å². The lowest BCUT2D eigenvalue weighted by atomic mass is 9.86. The normalized spacial score (nSPS) is 21.2. The highest BCUT2D eigenvalue weighted by molar-refractivity contribution is 7.17. The summed E-state index contributed by atoms with van der Waals surface area (Å²) in [5.74, 6) is 0.338. The number of hydrogen-bond acceptors (Lipinski definition) is 4. The number of thiophene rings is 1. The van der Waals surface area contributed by atoms with E-state index in [4.69, 9.17) is 0 Å². The summed E-state index contributed by atoms with van der Waals surface area (Å²) in [6, 6.07) is 5.49. The summed E-state index contributed by atoms with van der Waals surface area (Å²) >= 11 is 1.38. The van der Waals surface area contributed by atoms with E-state index in [0.717, 1.165) is 19.3 Å². The molecule has 0 radical (unpaired) electrons. The molecule has 1 fully saturated rings.